The van der Waals surface area contributed by atoms with Gasteiger partial charge in [-0.25, -0.2) is 0 Å². The zero-order chi connectivity index (χ0) is 47.9. The number of unbranched alkanes of at least 4 members (excludes halogenated alkanes) is 36. The minimum absolute atomic E-state index is 0.0765. The van der Waals surface area contributed by atoms with E-state index in [0.29, 0.717) is 19.3 Å². The lowest BCUT2D eigenvalue weighted by atomic mass is 10.0. The number of allylic oxidation sites excluding steroid dienone is 8. The monoisotopic (exact) mass is 925 g/mol. The normalized spacial score (nSPS) is 12.3. The largest absolute Gasteiger partial charge is 0.462 e. The van der Waals surface area contributed by atoms with Crippen LogP contribution >= 0.6 is 0 Å². The van der Waals surface area contributed by atoms with E-state index in [0.717, 1.165) is 83.5 Å². The molecule has 6 heteroatoms. The third-order valence-corrected chi connectivity index (χ3v) is 12.7. The molecule has 0 radical (unpaired) electrons. The zero-order valence-corrected chi connectivity index (χ0v) is 44.0. The van der Waals surface area contributed by atoms with Crippen molar-refractivity contribution in [2.24, 2.45) is 0 Å². The van der Waals surface area contributed by atoms with Gasteiger partial charge in [0.25, 0.3) is 0 Å². The Balaban J connectivity index is 4.39. The first kappa shape index (κ1) is 63.4. The molecule has 0 amide bonds. The molecule has 0 aliphatic carbocycles. The number of hydrogen-bond donors (Lipinski definition) is 0. The molecular weight excluding hydrogens is 817 g/mol. The zero-order valence-electron chi connectivity index (χ0n) is 44.0. The third kappa shape index (κ3) is 52.3. The first-order chi connectivity index (χ1) is 32.5. The summed E-state index contributed by atoms with van der Waals surface area (Å²) >= 11 is 0. The summed E-state index contributed by atoms with van der Waals surface area (Å²) in [5.74, 6) is -0.883. The van der Waals surface area contributed by atoms with Crippen molar-refractivity contribution in [1.82, 2.24) is 0 Å². The van der Waals surface area contributed by atoms with Crippen LogP contribution in [-0.4, -0.2) is 37.2 Å². The number of rotatable bonds is 52. The molecule has 0 aromatic heterocycles. The summed E-state index contributed by atoms with van der Waals surface area (Å²) in [5.41, 5.74) is 0. The summed E-state index contributed by atoms with van der Waals surface area (Å²) in [4.78, 5) is 38.1. The van der Waals surface area contributed by atoms with Gasteiger partial charge in [-0.1, -0.05) is 281 Å². The van der Waals surface area contributed by atoms with Crippen molar-refractivity contribution in [3.05, 3.63) is 48.6 Å². The van der Waals surface area contributed by atoms with Crippen molar-refractivity contribution in [1.29, 1.82) is 0 Å². The summed E-state index contributed by atoms with van der Waals surface area (Å²) < 4.78 is 16.9. The van der Waals surface area contributed by atoms with Crippen LogP contribution in [0, 0.1) is 0 Å². The molecule has 0 rings (SSSR count). The van der Waals surface area contributed by atoms with E-state index in [1.54, 1.807) is 0 Å². The summed E-state index contributed by atoms with van der Waals surface area (Å²) in [7, 11) is 0. The minimum Gasteiger partial charge on any atom is -0.462 e. The maximum Gasteiger partial charge on any atom is 0.306 e. The summed E-state index contributed by atoms with van der Waals surface area (Å²) in [6.07, 6.45) is 66.6. The van der Waals surface area contributed by atoms with Gasteiger partial charge in [0.2, 0.25) is 0 Å². The van der Waals surface area contributed by atoms with E-state index < -0.39 is 6.10 Å². The van der Waals surface area contributed by atoms with Gasteiger partial charge in [0.1, 0.15) is 13.2 Å². The maximum atomic E-state index is 12.8. The molecule has 384 valence electrons. The van der Waals surface area contributed by atoms with E-state index in [2.05, 4.69) is 69.4 Å². The van der Waals surface area contributed by atoms with Gasteiger partial charge in [-0.2, -0.15) is 0 Å². The molecule has 66 heavy (non-hydrogen) atoms. The quantitative estimate of drug-likeness (QED) is 0.0262. The van der Waals surface area contributed by atoms with Crippen molar-refractivity contribution < 1.29 is 28.6 Å². The maximum absolute atomic E-state index is 12.8. The molecular formula is C60H108O6. The lowest BCUT2D eigenvalue weighted by Crippen LogP contribution is -2.30. The summed E-state index contributed by atoms with van der Waals surface area (Å²) in [6.45, 7) is 6.62. The van der Waals surface area contributed by atoms with Crippen molar-refractivity contribution in [2.75, 3.05) is 13.2 Å². The Morgan fingerprint density at radius 1 is 0.303 bits per heavy atom. The molecule has 0 spiro atoms. The van der Waals surface area contributed by atoms with E-state index in [-0.39, 0.29) is 31.1 Å². The van der Waals surface area contributed by atoms with Gasteiger partial charge in [0.15, 0.2) is 6.10 Å². The Hall–Kier alpha value is -2.63. The topological polar surface area (TPSA) is 78.9 Å². The number of carbonyl (C=O) groups excluding carboxylic acids is 3. The van der Waals surface area contributed by atoms with Gasteiger partial charge in [-0.3, -0.25) is 14.4 Å². The van der Waals surface area contributed by atoms with E-state index in [1.165, 1.54) is 173 Å². The number of ether oxygens (including phenoxy) is 3. The highest BCUT2D eigenvalue weighted by Crippen LogP contribution is 2.17. The van der Waals surface area contributed by atoms with Crippen molar-refractivity contribution in [2.45, 2.75) is 303 Å². The Labute approximate surface area is 409 Å². The Bertz CT molecular complexity index is 1150. The predicted octanol–water partition coefficient (Wildman–Crippen LogP) is 19.0. The Morgan fingerprint density at radius 3 is 0.879 bits per heavy atom. The van der Waals surface area contributed by atoms with E-state index in [1.807, 2.05) is 0 Å². The second-order valence-corrected chi connectivity index (χ2v) is 19.3. The van der Waals surface area contributed by atoms with Gasteiger partial charge in [-0.15, -0.1) is 0 Å². The molecule has 0 N–H and O–H groups in total. The molecule has 0 aromatic carbocycles. The van der Waals surface area contributed by atoms with E-state index >= 15 is 0 Å². The molecule has 0 aromatic rings. The molecule has 0 saturated heterocycles. The number of esters is 3. The van der Waals surface area contributed by atoms with E-state index in [4.69, 9.17) is 14.2 Å². The van der Waals surface area contributed by atoms with Crippen LogP contribution in [-0.2, 0) is 28.6 Å². The molecule has 0 saturated carbocycles. The highest BCUT2D eigenvalue weighted by atomic mass is 16.6. The van der Waals surface area contributed by atoms with Crippen molar-refractivity contribution in [3.8, 4) is 0 Å². The fourth-order valence-electron chi connectivity index (χ4n) is 8.34. The number of hydrogen-bond acceptors (Lipinski definition) is 6. The molecule has 0 bridgehead atoms. The second kappa shape index (κ2) is 55.0. The highest BCUT2D eigenvalue weighted by molar-refractivity contribution is 5.71. The molecule has 1 unspecified atom stereocenters. The van der Waals surface area contributed by atoms with Crippen LogP contribution in [0.5, 0.6) is 0 Å². The minimum atomic E-state index is -0.779. The second-order valence-electron chi connectivity index (χ2n) is 19.3. The van der Waals surface area contributed by atoms with Gasteiger partial charge in [-0.05, 0) is 44.9 Å². The lowest BCUT2D eigenvalue weighted by Gasteiger charge is -2.18. The van der Waals surface area contributed by atoms with Gasteiger partial charge in [0, 0.05) is 19.3 Å². The molecule has 0 heterocycles. The average Bonchev–Trinajstić information content (AvgIpc) is 3.31. The van der Waals surface area contributed by atoms with Crippen LogP contribution in [0.3, 0.4) is 0 Å². The van der Waals surface area contributed by atoms with Crippen LogP contribution in [0.25, 0.3) is 0 Å². The smallest absolute Gasteiger partial charge is 0.306 e. The predicted molar refractivity (Wildman–Crippen MR) is 284 cm³/mol. The average molecular weight is 926 g/mol. The van der Waals surface area contributed by atoms with Crippen molar-refractivity contribution >= 4 is 17.9 Å². The summed E-state index contributed by atoms with van der Waals surface area (Å²) in [5, 5.41) is 0. The SMILES string of the molecule is CCCCC\C=C/C=C\C=C/C=C\CCCCCCCC(=O)OCC(COC(=O)CCCCCCCCCCCCCCCCC)OC(=O)CCCCCCCCCCCCCCCCC. The van der Waals surface area contributed by atoms with Crippen LogP contribution in [0.1, 0.15) is 297 Å². The highest BCUT2D eigenvalue weighted by Gasteiger charge is 2.19. The molecule has 1 atom stereocenters. The van der Waals surface area contributed by atoms with Crippen LogP contribution in [0.15, 0.2) is 48.6 Å². The first-order valence-electron chi connectivity index (χ1n) is 28.7. The van der Waals surface area contributed by atoms with Gasteiger partial charge < -0.3 is 14.2 Å². The van der Waals surface area contributed by atoms with Gasteiger partial charge in [0.05, 0.1) is 0 Å². The fraction of sp³-hybridized carbons (Fsp3) is 0.817. The molecule has 0 fully saturated rings. The van der Waals surface area contributed by atoms with Crippen LogP contribution in [0.4, 0.5) is 0 Å². The van der Waals surface area contributed by atoms with Crippen LogP contribution < -0.4 is 0 Å². The standard InChI is InChI=1S/C60H108O6/c1-4-7-10-13-16-19-22-25-28-29-30-33-35-38-41-44-47-50-53-59(62)65-56-57(66-60(63)54-51-48-45-42-39-36-32-27-24-21-18-15-12-9-6-3)55-64-58(61)52-49-46-43-40-37-34-31-26-23-20-17-14-11-8-5-2/h16,19,22,25,28-30,33,57H,4-15,17-18,20-21,23-24,26-27,31-32,34-56H2,1-3H3/b19-16-,25-22-,29-28-,33-30-. The first-order valence-corrected chi connectivity index (χ1v) is 28.7. The Kier molecular flexibility index (Phi) is 52.8. The molecule has 0 aliphatic heterocycles. The third-order valence-electron chi connectivity index (χ3n) is 12.7. The Morgan fingerprint density at radius 2 is 0.545 bits per heavy atom. The van der Waals surface area contributed by atoms with Gasteiger partial charge >= 0.3 is 17.9 Å². The number of carbonyl (C=O) groups is 3. The summed E-state index contributed by atoms with van der Waals surface area (Å²) in [6, 6.07) is 0. The van der Waals surface area contributed by atoms with E-state index in [9.17, 15) is 14.4 Å². The molecule has 0 aliphatic rings. The van der Waals surface area contributed by atoms with Crippen molar-refractivity contribution in [3.63, 3.8) is 0 Å². The molecule has 6 nitrogen and oxygen atoms in total. The lowest BCUT2D eigenvalue weighted by molar-refractivity contribution is -0.167. The fourth-order valence-corrected chi connectivity index (χ4v) is 8.34. The van der Waals surface area contributed by atoms with Crippen LogP contribution in [0.2, 0.25) is 0 Å².